The number of nitrogens with zero attached hydrogens (tertiary/aromatic N) is 2. The maximum Gasteiger partial charge on any atom is 0.250 e. The van der Waals surface area contributed by atoms with E-state index in [1.54, 1.807) is 6.07 Å². The van der Waals surface area contributed by atoms with Crippen molar-refractivity contribution in [3.05, 3.63) is 34.2 Å². The molecule has 1 saturated heterocycles. The van der Waals surface area contributed by atoms with Crippen LogP contribution in [0.1, 0.15) is 24.5 Å². The van der Waals surface area contributed by atoms with Gasteiger partial charge in [0.25, 0.3) is 5.56 Å². The molecule has 2 aliphatic heterocycles. The van der Waals surface area contributed by atoms with Crippen molar-refractivity contribution >= 4 is 0 Å². The molecule has 2 bridgehead atoms. The first-order valence-electron chi connectivity index (χ1n) is 6.68. The van der Waals surface area contributed by atoms with E-state index in [1.807, 2.05) is 10.6 Å². The minimum atomic E-state index is 0.141. The maximum absolute atomic E-state index is 11.9. The van der Waals surface area contributed by atoms with Gasteiger partial charge in [-0.05, 0) is 12.5 Å². The van der Waals surface area contributed by atoms with Crippen molar-refractivity contribution in [2.75, 3.05) is 19.6 Å². The summed E-state index contributed by atoms with van der Waals surface area (Å²) >= 11 is 0. The first kappa shape index (κ1) is 11.5. The quantitative estimate of drug-likeness (QED) is 0.781. The van der Waals surface area contributed by atoms with Crippen molar-refractivity contribution < 1.29 is 4.90 Å². The van der Waals surface area contributed by atoms with Gasteiger partial charge in [-0.1, -0.05) is 6.07 Å². The number of piperidine rings is 1. The first-order valence-corrected chi connectivity index (χ1v) is 6.68. The summed E-state index contributed by atoms with van der Waals surface area (Å²) in [5.74, 6) is 1.10. The molecule has 3 heterocycles. The summed E-state index contributed by atoms with van der Waals surface area (Å²) in [5.41, 5.74) is 1.34. The minimum absolute atomic E-state index is 0.141. The molecule has 1 unspecified atom stereocenters. The molecule has 0 spiro atoms. The Kier molecular flexibility index (Phi) is 2.92. The van der Waals surface area contributed by atoms with Gasteiger partial charge in [0.1, 0.15) is 0 Å². The number of hydrogen-bond donors (Lipinski definition) is 1. The summed E-state index contributed by atoms with van der Waals surface area (Å²) in [7, 11) is 0. The fourth-order valence-corrected chi connectivity index (χ4v) is 3.56. The van der Waals surface area contributed by atoms with Crippen LogP contribution in [0.25, 0.3) is 0 Å². The predicted molar refractivity (Wildman–Crippen MR) is 67.3 cm³/mol. The first-order chi connectivity index (χ1) is 8.78. The average Bonchev–Trinajstić information content (AvgIpc) is 2.38. The summed E-state index contributed by atoms with van der Waals surface area (Å²) < 4.78 is 1.96. The molecule has 0 aromatic carbocycles. The Morgan fingerprint density at radius 1 is 1.44 bits per heavy atom. The molecule has 0 amide bonds. The molecular formula is C14H18N3O+. The number of quaternary nitrogens is 1. The fraction of sp³-hybridized carbons (Fsp3) is 0.571. The average molecular weight is 244 g/mol. The van der Waals surface area contributed by atoms with Crippen LogP contribution in [0.5, 0.6) is 0 Å². The third-order valence-electron chi connectivity index (χ3n) is 4.26. The molecule has 94 valence electrons. The van der Waals surface area contributed by atoms with E-state index in [9.17, 15) is 4.79 Å². The molecular weight excluding hydrogens is 226 g/mol. The normalized spacial score (nSPS) is 29.4. The molecule has 1 N–H and O–H groups in total. The Morgan fingerprint density at radius 2 is 2.33 bits per heavy atom. The number of fused-ring (bicyclic) bond motifs is 4. The van der Waals surface area contributed by atoms with Crippen LogP contribution in [0.3, 0.4) is 0 Å². The SMILES string of the molecule is N#CCC[NH+]1C[C@H]2C[C@H](C1)c1cccc(=O)n1C2. The summed E-state index contributed by atoms with van der Waals surface area (Å²) in [5, 5.41) is 8.69. The van der Waals surface area contributed by atoms with Crippen LogP contribution < -0.4 is 10.5 Å². The molecule has 0 radical (unpaired) electrons. The number of aromatic nitrogens is 1. The smallest absolute Gasteiger partial charge is 0.250 e. The van der Waals surface area contributed by atoms with E-state index in [-0.39, 0.29) is 5.56 Å². The summed E-state index contributed by atoms with van der Waals surface area (Å²) in [6, 6.07) is 7.86. The fourth-order valence-electron chi connectivity index (χ4n) is 3.56. The van der Waals surface area contributed by atoms with Crippen molar-refractivity contribution in [2.24, 2.45) is 5.92 Å². The van der Waals surface area contributed by atoms with E-state index in [2.05, 4.69) is 12.1 Å². The zero-order valence-corrected chi connectivity index (χ0v) is 10.4. The van der Waals surface area contributed by atoms with E-state index in [0.29, 0.717) is 18.3 Å². The predicted octanol–water partition coefficient (Wildman–Crippen LogP) is -0.236. The second-order valence-corrected chi connectivity index (χ2v) is 5.51. The molecule has 3 atom stereocenters. The molecule has 1 fully saturated rings. The number of pyridine rings is 1. The van der Waals surface area contributed by atoms with Gasteiger partial charge in [0.2, 0.25) is 0 Å². The Balaban J connectivity index is 1.86. The van der Waals surface area contributed by atoms with E-state index in [4.69, 9.17) is 5.26 Å². The standard InChI is InChI=1S/C14H17N3O/c15-5-2-6-16-8-11-7-12(10-16)13-3-1-4-14(18)17(13)9-11/h1,3-4,11-12H,2,6-10H2/p+1/t11-,12-/m1/s1. The maximum atomic E-state index is 11.9. The Morgan fingerprint density at radius 3 is 3.17 bits per heavy atom. The van der Waals surface area contributed by atoms with E-state index < -0.39 is 0 Å². The second kappa shape index (κ2) is 4.58. The van der Waals surface area contributed by atoms with Crippen LogP contribution in [0.2, 0.25) is 0 Å². The van der Waals surface area contributed by atoms with Gasteiger partial charge in [-0.25, -0.2) is 0 Å². The lowest BCUT2D eigenvalue weighted by atomic mass is 9.83. The van der Waals surface area contributed by atoms with Gasteiger partial charge in [0, 0.05) is 30.1 Å². The molecule has 4 heteroatoms. The molecule has 0 aliphatic carbocycles. The minimum Gasteiger partial charge on any atom is -0.333 e. The third kappa shape index (κ3) is 1.95. The van der Waals surface area contributed by atoms with Crippen molar-refractivity contribution in [3.8, 4) is 6.07 Å². The van der Waals surface area contributed by atoms with Gasteiger partial charge in [-0.15, -0.1) is 0 Å². The molecule has 3 rings (SSSR count). The number of likely N-dealkylation sites (tertiary alicyclic amines) is 1. The molecule has 1 aromatic heterocycles. The van der Waals surface area contributed by atoms with Crippen LogP contribution in [0, 0.1) is 17.2 Å². The Labute approximate surface area is 106 Å². The molecule has 18 heavy (non-hydrogen) atoms. The topological polar surface area (TPSA) is 50.2 Å². The van der Waals surface area contributed by atoms with Gasteiger partial charge in [-0.3, -0.25) is 4.79 Å². The van der Waals surface area contributed by atoms with Crippen LogP contribution in [-0.2, 0) is 6.54 Å². The highest BCUT2D eigenvalue weighted by atomic mass is 16.1. The zero-order valence-electron chi connectivity index (χ0n) is 10.4. The lowest BCUT2D eigenvalue weighted by Crippen LogP contribution is -3.14. The van der Waals surface area contributed by atoms with Gasteiger partial charge in [-0.2, -0.15) is 5.26 Å². The van der Waals surface area contributed by atoms with Crippen LogP contribution in [0.4, 0.5) is 0 Å². The van der Waals surface area contributed by atoms with Gasteiger partial charge in [0.05, 0.1) is 32.1 Å². The number of nitrogens with one attached hydrogen (secondary N) is 1. The monoisotopic (exact) mass is 244 g/mol. The van der Waals surface area contributed by atoms with E-state index in [1.165, 1.54) is 17.0 Å². The molecule has 4 nitrogen and oxygen atoms in total. The van der Waals surface area contributed by atoms with Gasteiger partial charge >= 0.3 is 0 Å². The second-order valence-electron chi connectivity index (χ2n) is 5.51. The summed E-state index contributed by atoms with van der Waals surface area (Å²) in [4.78, 5) is 13.4. The largest absolute Gasteiger partial charge is 0.333 e. The highest BCUT2D eigenvalue weighted by Crippen LogP contribution is 2.29. The molecule has 2 aliphatic rings. The highest BCUT2D eigenvalue weighted by Gasteiger charge is 2.36. The van der Waals surface area contributed by atoms with Crippen LogP contribution in [-0.4, -0.2) is 24.2 Å². The van der Waals surface area contributed by atoms with Crippen molar-refractivity contribution in [1.29, 1.82) is 5.26 Å². The Hall–Kier alpha value is -1.60. The van der Waals surface area contributed by atoms with E-state index >= 15 is 0 Å². The zero-order chi connectivity index (χ0) is 12.5. The third-order valence-corrected chi connectivity index (χ3v) is 4.26. The van der Waals surface area contributed by atoms with Crippen molar-refractivity contribution in [3.63, 3.8) is 0 Å². The lowest BCUT2D eigenvalue weighted by Gasteiger charge is -2.40. The summed E-state index contributed by atoms with van der Waals surface area (Å²) in [6.07, 6.45) is 1.84. The number of rotatable bonds is 2. The van der Waals surface area contributed by atoms with Crippen molar-refractivity contribution in [2.45, 2.75) is 25.3 Å². The van der Waals surface area contributed by atoms with Gasteiger partial charge < -0.3 is 9.47 Å². The summed E-state index contributed by atoms with van der Waals surface area (Å²) in [6.45, 7) is 3.99. The highest BCUT2D eigenvalue weighted by molar-refractivity contribution is 5.15. The van der Waals surface area contributed by atoms with Crippen LogP contribution in [0.15, 0.2) is 23.0 Å². The van der Waals surface area contributed by atoms with Gasteiger partial charge in [0.15, 0.2) is 0 Å². The number of nitriles is 1. The lowest BCUT2D eigenvalue weighted by molar-refractivity contribution is -0.910. The molecule has 1 aromatic rings. The molecule has 0 saturated carbocycles. The van der Waals surface area contributed by atoms with Crippen molar-refractivity contribution in [1.82, 2.24) is 4.57 Å². The van der Waals surface area contributed by atoms with Crippen LogP contribution >= 0.6 is 0 Å². The van der Waals surface area contributed by atoms with E-state index in [0.717, 1.165) is 26.2 Å². The Bertz CT molecular complexity index is 543. The number of hydrogen-bond acceptors (Lipinski definition) is 2.